The second kappa shape index (κ2) is 7.81. The topological polar surface area (TPSA) is 24.9 Å². The summed E-state index contributed by atoms with van der Waals surface area (Å²) in [4.78, 5) is 4.54. The van der Waals surface area contributed by atoms with Crippen LogP contribution in [0.4, 0.5) is 0 Å². The van der Waals surface area contributed by atoms with Crippen LogP contribution in [0.2, 0.25) is 0 Å². The fourth-order valence-corrected chi connectivity index (χ4v) is 2.38. The molecule has 106 valence electrons. The summed E-state index contributed by atoms with van der Waals surface area (Å²) in [5.41, 5.74) is 3.83. The van der Waals surface area contributed by atoms with Gasteiger partial charge in [0.15, 0.2) is 0 Å². The molecule has 2 heteroatoms. The van der Waals surface area contributed by atoms with Crippen molar-refractivity contribution in [2.24, 2.45) is 0 Å². The first kappa shape index (κ1) is 14.7. The van der Waals surface area contributed by atoms with Crippen molar-refractivity contribution in [3.63, 3.8) is 0 Å². The Morgan fingerprint density at radius 2 is 1.95 bits per heavy atom. The van der Waals surface area contributed by atoms with E-state index in [2.05, 4.69) is 66.6 Å². The third kappa shape index (κ3) is 4.46. The van der Waals surface area contributed by atoms with E-state index in [0.29, 0.717) is 6.04 Å². The standard InChI is InChI=1S/C18H24N2/c1-3-12-19-17(18-14-15(2)11-13-20-18)10-9-16-7-5-4-6-8-16/h4-8,11,13-14,17,19H,3,9-10,12H2,1-2H3. The van der Waals surface area contributed by atoms with E-state index >= 15 is 0 Å². The van der Waals surface area contributed by atoms with Gasteiger partial charge in [-0.2, -0.15) is 0 Å². The molecule has 1 heterocycles. The molecule has 0 spiro atoms. The summed E-state index contributed by atoms with van der Waals surface area (Å²) in [6, 6.07) is 15.3. The number of aromatic nitrogens is 1. The molecule has 0 saturated heterocycles. The SMILES string of the molecule is CCCNC(CCc1ccccc1)c1cc(C)ccn1. The molecule has 0 bridgehead atoms. The van der Waals surface area contributed by atoms with Crippen LogP contribution in [0.3, 0.4) is 0 Å². The highest BCUT2D eigenvalue weighted by Crippen LogP contribution is 2.18. The van der Waals surface area contributed by atoms with Crippen LogP contribution in [0.1, 0.15) is 42.6 Å². The summed E-state index contributed by atoms with van der Waals surface area (Å²) in [6.07, 6.45) is 5.22. The second-order valence-corrected chi connectivity index (χ2v) is 5.29. The molecule has 2 aromatic rings. The van der Waals surface area contributed by atoms with Crippen molar-refractivity contribution < 1.29 is 0 Å². The molecule has 20 heavy (non-hydrogen) atoms. The van der Waals surface area contributed by atoms with Crippen molar-refractivity contribution in [3.8, 4) is 0 Å². The van der Waals surface area contributed by atoms with E-state index in [9.17, 15) is 0 Å². The molecule has 2 nitrogen and oxygen atoms in total. The molecule has 1 N–H and O–H groups in total. The van der Waals surface area contributed by atoms with Gasteiger partial charge in [-0.15, -0.1) is 0 Å². The molecule has 2 rings (SSSR count). The molecule has 1 atom stereocenters. The summed E-state index contributed by atoms with van der Waals surface area (Å²) in [5, 5.41) is 3.62. The Labute approximate surface area is 122 Å². The van der Waals surface area contributed by atoms with Crippen molar-refractivity contribution in [2.75, 3.05) is 6.54 Å². The average molecular weight is 268 g/mol. The normalized spacial score (nSPS) is 12.3. The molecule has 1 aromatic carbocycles. The monoisotopic (exact) mass is 268 g/mol. The molecule has 1 aromatic heterocycles. The molecule has 0 aliphatic heterocycles. The van der Waals surface area contributed by atoms with Crippen molar-refractivity contribution in [2.45, 2.75) is 39.2 Å². The number of nitrogens with one attached hydrogen (secondary N) is 1. The van der Waals surface area contributed by atoms with Crippen molar-refractivity contribution in [1.29, 1.82) is 0 Å². The predicted molar refractivity (Wildman–Crippen MR) is 84.8 cm³/mol. The third-order valence-corrected chi connectivity index (χ3v) is 3.50. The lowest BCUT2D eigenvalue weighted by atomic mass is 10.0. The molecule has 0 fully saturated rings. The Hall–Kier alpha value is -1.67. The fourth-order valence-electron chi connectivity index (χ4n) is 2.38. The quantitative estimate of drug-likeness (QED) is 0.819. The van der Waals surface area contributed by atoms with Gasteiger partial charge in [0, 0.05) is 12.2 Å². The highest BCUT2D eigenvalue weighted by Gasteiger charge is 2.12. The van der Waals surface area contributed by atoms with Gasteiger partial charge in [-0.3, -0.25) is 4.98 Å². The first-order valence-electron chi connectivity index (χ1n) is 7.49. The summed E-state index contributed by atoms with van der Waals surface area (Å²) >= 11 is 0. The molecular weight excluding hydrogens is 244 g/mol. The highest BCUT2D eigenvalue weighted by atomic mass is 14.9. The molecule has 0 radical (unpaired) electrons. The van der Waals surface area contributed by atoms with Crippen LogP contribution in [-0.4, -0.2) is 11.5 Å². The largest absolute Gasteiger partial charge is 0.309 e. The maximum Gasteiger partial charge on any atom is 0.0575 e. The van der Waals surface area contributed by atoms with E-state index in [0.717, 1.165) is 31.5 Å². The number of pyridine rings is 1. The number of rotatable bonds is 7. The van der Waals surface area contributed by atoms with Gasteiger partial charge >= 0.3 is 0 Å². The first-order chi connectivity index (χ1) is 9.79. The summed E-state index contributed by atoms with van der Waals surface area (Å²) < 4.78 is 0. The minimum absolute atomic E-state index is 0.343. The smallest absolute Gasteiger partial charge is 0.0575 e. The Bertz CT molecular complexity index is 508. The number of nitrogens with zero attached hydrogens (tertiary/aromatic N) is 1. The zero-order chi connectivity index (χ0) is 14.2. The van der Waals surface area contributed by atoms with E-state index in [1.165, 1.54) is 11.1 Å². The van der Waals surface area contributed by atoms with Gasteiger partial charge in [-0.25, -0.2) is 0 Å². The number of hydrogen-bond donors (Lipinski definition) is 1. The maximum absolute atomic E-state index is 4.54. The fraction of sp³-hybridized carbons (Fsp3) is 0.389. The number of aryl methyl sites for hydroxylation is 2. The van der Waals surface area contributed by atoms with E-state index in [1.54, 1.807) is 0 Å². The molecule has 0 amide bonds. The highest BCUT2D eigenvalue weighted by molar-refractivity contribution is 5.19. The van der Waals surface area contributed by atoms with Crippen LogP contribution in [0.5, 0.6) is 0 Å². The van der Waals surface area contributed by atoms with Gasteiger partial charge in [-0.05, 0) is 56.0 Å². The van der Waals surface area contributed by atoms with Crippen molar-refractivity contribution >= 4 is 0 Å². The third-order valence-electron chi connectivity index (χ3n) is 3.50. The Morgan fingerprint density at radius 3 is 2.65 bits per heavy atom. The van der Waals surface area contributed by atoms with Crippen LogP contribution in [0, 0.1) is 6.92 Å². The van der Waals surface area contributed by atoms with Gasteiger partial charge in [0.1, 0.15) is 0 Å². The van der Waals surface area contributed by atoms with Crippen LogP contribution >= 0.6 is 0 Å². The molecule has 0 aliphatic rings. The van der Waals surface area contributed by atoms with Crippen molar-refractivity contribution in [1.82, 2.24) is 10.3 Å². The molecular formula is C18H24N2. The van der Waals surface area contributed by atoms with Crippen LogP contribution < -0.4 is 5.32 Å². The van der Waals surface area contributed by atoms with E-state index in [1.807, 2.05) is 6.20 Å². The van der Waals surface area contributed by atoms with E-state index < -0.39 is 0 Å². The van der Waals surface area contributed by atoms with Crippen LogP contribution in [-0.2, 0) is 6.42 Å². The molecule has 0 aliphatic carbocycles. The maximum atomic E-state index is 4.54. The molecule has 0 saturated carbocycles. The minimum Gasteiger partial charge on any atom is -0.309 e. The lowest BCUT2D eigenvalue weighted by molar-refractivity contribution is 0.488. The lowest BCUT2D eigenvalue weighted by Gasteiger charge is -2.18. The van der Waals surface area contributed by atoms with Crippen LogP contribution in [0.25, 0.3) is 0 Å². The average Bonchev–Trinajstić information content (AvgIpc) is 2.48. The molecule has 1 unspecified atom stereocenters. The Morgan fingerprint density at radius 1 is 1.15 bits per heavy atom. The van der Waals surface area contributed by atoms with Gasteiger partial charge in [0.05, 0.1) is 5.69 Å². The van der Waals surface area contributed by atoms with Gasteiger partial charge in [0.25, 0.3) is 0 Å². The summed E-state index contributed by atoms with van der Waals surface area (Å²) in [5.74, 6) is 0. The predicted octanol–water partition coefficient (Wildman–Crippen LogP) is 4.06. The number of benzene rings is 1. The second-order valence-electron chi connectivity index (χ2n) is 5.29. The van der Waals surface area contributed by atoms with Crippen LogP contribution in [0.15, 0.2) is 48.7 Å². The van der Waals surface area contributed by atoms with Gasteiger partial charge < -0.3 is 5.32 Å². The number of hydrogen-bond acceptors (Lipinski definition) is 2. The first-order valence-corrected chi connectivity index (χ1v) is 7.49. The van der Waals surface area contributed by atoms with E-state index in [4.69, 9.17) is 0 Å². The van der Waals surface area contributed by atoms with E-state index in [-0.39, 0.29) is 0 Å². The van der Waals surface area contributed by atoms with Gasteiger partial charge in [-0.1, -0.05) is 37.3 Å². The zero-order valence-electron chi connectivity index (χ0n) is 12.5. The minimum atomic E-state index is 0.343. The lowest BCUT2D eigenvalue weighted by Crippen LogP contribution is -2.23. The Kier molecular flexibility index (Phi) is 5.75. The summed E-state index contributed by atoms with van der Waals surface area (Å²) in [6.45, 7) is 5.36. The Balaban J connectivity index is 2.03. The zero-order valence-corrected chi connectivity index (χ0v) is 12.5. The van der Waals surface area contributed by atoms with Gasteiger partial charge in [0.2, 0.25) is 0 Å². The summed E-state index contributed by atoms with van der Waals surface area (Å²) in [7, 11) is 0. The van der Waals surface area contributed by atoms with Crippen molar-refractivity contribution in [3.05, 3.63) is 65.5 Å².